The smallest absolute Gasteiger partial charge is 0.263 e. The third-order valence-electron chi connectivity index (χ3n) is 3.97. The van der Waals surface area contributed by atoms with Crippen LogP contribution in [-0.4, -0.2) is 25.7 Å². The topological polar surface area (TPSA) is 92.7 Å². The lowest BCUT2D eigenvalue weighted by atomic mass is 10.1. The lowest BCUT2D eigenvalue weighted by Gasteiger charge is -2.07. The van der Waals surface area contributed by atoms with Gasteiger partial charge in [-0.25, -0.2) is 4.98 Å². The van der Waals surface area contributed by atoms with E-state index >= 15 is 0 Å². The number of halogens is 2. The summed E-state index contributed by atoms with van der Waals surface area (Å²) in [5, 5.41) is 7.79. The summed E-state index contributed by atoms with van der Waals surface area (Å²) in [6, 6.07) is 5.16. The van der Waals surface area contributed by atoms with Gasteiger partial charge < -0.3 is 10.3 Å². The fourth-order valence-electron chi connectivity index (χ4n) is 2.50. The summed E-state index contributed by atoms with van der Waals surface area (Å²) in [6.45, 7) is 2.99. The number of benzene rings is 1. The molecule has 0 aliphatic rings. The van der Waals surface area contributed by atoms with Crippen molar-refractivity contribution < 1.29 is 4.79 Å². The molecule has 9 heteroatoms. The summed E-state index contributed by atoms with van der Waals surface area (Å²) >= 11 is 12.3. The lowest BCUT2D eigenvalue weighted by Crippen LogP contribution is -2.30. The summed E-state index contributed by atoms with van der Waals surface area (Å²) in [4.78, 5) is 31.3. The zero-order valence-corrected chi connectivity index (χ0v) is 16.0. The second-order valence-corrected chi connectivity index (χ2v) is 6.65. The van der Waals surface area contributed by atoms with Crippen molar-refractivity contribution in [3.8, 4) is 0 Å². The molecule has 0 saturated heterocycles. The third kappa shape index (κ3) is 4.56. The minimum absolute atomic E-state index is 0.0631. The number of hydrogen-bond acceptors (Lipinski definition) is 4. The van der Waals surface area contributed by atoms with Crippen molar-refractivity contribution in [2.24, 2.45) is 0 Å². The van der Waals surface area contributed by atoms with Crippen LogP contribution in [0.15, 0.2) is 41.6 Å². The van der Waals surface area contributed by atoms with Gasteiger partial charge in [-0.15, -0.1) is 0 Å². The van der Waals surface area contributed by atoms with E-state index in [0.717, 1.165) is 12.1 Å². The molecule has 3 rings (SSSR count). The van der Waals surface area contributed by atoms with Gasteiger partial charge in [0.05, 0.1) is 6.20 Å². The molecule has 0 aliphatic carbocycles. The number of H-pyrrole nitrogens is 1. The number of nitrogens with zero attached hydrogens (tertiary/aromatic N) is 3. The van der Waals surface area contributed by atoms with Crippen LogP contribution in [0.4, 0.5) is 0 Å². The zero-order chi connectivity index (χ0) is 19.4. The van der Waals surface area contributed by atoms with Gasteiger partial charge in [0.1, 0.15) is 11.4 Å². The van der Waals surface area contributed by atoms with Crippen LogP contribution in [0.25, 0.3) is 0 Å². The van der Waals surface area contributed by atoms with E-state index in [2.05, 4.69) is 20.4 Å². The maximum absolute atomic E-state index is 12.3. The molecule has 0 unspecified atom stereocenters. The van der Waals surface area contributed by atoms with Crippen molar-refractivity contribution in [1.29, 1.82) is 0 Å². The summed E-state index contributed by atoms with van der Waals surface area (Å²) in [5.74, 6) is -0.133. The maximum Gasteiger partial charge on any atom is 0.263 e. The predicted octanol–water partition coefficient (Wildman–Crippen LogP) is 2.81. The van der Waals surface area contributed by atoms with E-state index in [0.29, 0.717) is 21.4 Å². The minimum atomic E-state index is -0.523. The first-order chi connectivity index (χ1) is 13.0. The highest BCUT2D eigenvalue weighted by molar-refractivity contribution is 6.36. The molecule has 2 N–H and O–H groups in total. The molecule has 0 atom stereocenters. The maximum atomic E-state index is 12.3. The normalized spacial score (nSPS) is 10.8. The molecular formula is C18H17Cl2N5O2. The zero-order valence-electron chi connectivity index (χ0n) is 14.5. The molecular weight excluding hydrogens is 389 g/mol. The van der Waals surface area contributed by atoms with Crippen molar-refractivity contribution >= 4 is 29.1 Å². The van der Waals surface area contributed by atoms with Crippen LogP contribution in [0.3, 0.4) is 0 Å². The van der Waals surface area contributed by atoms with Gasteiger partial charge >= 0.3 is 0 Å². The fraction of sp³-hybridized carbons (Fsp3) is 0.222. The molecule has 1 amide bonds. The van der Waals surface area contributed by atoms with E-state index in [1.165, 1.54) is 6.20 Å². The Bertz CT molecular complexity index is 1010. The average Bonchev–Trinajstić information content (AvgIpc) is 3.11. The van der Waals surface area contributed by atoms with Gasteiger partial charge in [-0.05, 0) is 24.6 Å². The molecule has 0 radical (unpaired) electrons. The van der Waals surface area contributed by atoms with Crippen LogP contribution in [0.2, 0.25) is 10.0 Å². The van der Waals surface area contributed by atoms with Crippen LogP contribution in [-0.2, 0) is 19.5 Å². The fourth-order valence-corrected chi connectivity index (χ4v) is 3.03. The Hall–Kier alpha value is -2.64. The predicted molar refractivity (Wildman–Crippen MR) is 103 cm³/mol. The van der Waals surface area contributed by atoms with Gasteiger partial charge in [0.25, 0.3) is 11.5 Å². The average molecular weight is 406 g/mol. The second kappa shape index (κ2) is 8.37. The number of aromatic nitrogens is 4. The lowest BCUT2D eigenvalue weighted by molar-refractivity contribution is 0.0949. The molecule has 1 aromatic carbocycles. The van der Waals surface area contributed by atoms with E-state index in [-0.39, 0.29) is 18.5 Å². The summed E-state index contributed by atoms with van der Waals surface area (Å²) < 4.78 is 1.75. The molecule has 2 aromatic heterocycles. The van der Waals surface area contributed by atoms with E-state index in [1.54, 1.807) is 29.1 Å². The number of rotatable bonds is 6. The Morgan fingerprint density at radius 2 is 2.00 bits per heavy atom. The Morgan fingerprint density at radius 3 is 2.63 bits per heavy atom. The molecule has 140 valence electrons. The van der Waals surface area contributed by atoms with Crippen LogP contribution in [0.1, 0.15) is 34.2 Å². The summed E-state index contributed by atoms with van der Waals surface area (Å²) in [6.07, 6.45) is 5.01. The first-order valence-corrected chi connectivity index (χ1v) is 9.04. The Balaban J connectivity index is 1.70. The van der Waals surface area contributed by atoms with Crippen LogP contribution >= 0.6 is 23.2 Å². The Labute approximate surface area is 165 Å². The van der Waals surface area contributed by atoms with Crippen molar-refractivity contribution in [2.75, 3.05) is 0 Å². The largest absolute Gasteiger partial charge is 0.348 e. The van der Waals surface area contributed by atoms with Gasteiger partial charge in [-0.1, -0.05) is 29.3 Å². The van der Waals surface area contributed by atoms with Gasteiger partial charge in [-0.3, -0.25) is 14.3 Å². The molecule has 0 spiro atoms. The minimum Gasteiger partial charge on any atom is -0.348 e. The van der Waals surface area contributed by atoms with E-state index in [4.69, 9.17) is 23.2 Å². The molecule has 3 aromatic rings. The third-order valence-corrected chi connectivity index (χ3v) is 4.67. The molecule has 0 bridgehead atoms. The van der Waals surface area contributed by atoms with Crippen molar-refractivity contribution in [2.45, 2.75) is 26.4 Å². The second-order valence-electron chi connectivity index (χ2n) is 5.84. The summed E-state index contributed by atoms with van der Waals surface area (Å²) in [7, 11) is 0. The number of carbonyl (C=O) groups excluding carboxylic acids is 1. The number of hydrogen-bond donors (Lipinski definition) is 2. The van der Waals surface area contributed by atoms with E-state index in [1.807, 2.05) is 13.1 Å². The van der Waals surface area contributed by atoms with Crippen molar-refractivity contribution in [3.05, 3.63) is 79.7 Å². The molecule has 0 aliphatic heterocycles. The Morgan fingerprint density at radius 1 is 1.26 bits per heavy atom. The molecule has 2 heterocycles. The molecule has 27 heavy (non-hydrogen) atoms. The highest BCUT2D eigenvalue weighted by Gasteiger charge is 2.14. The van der Waals surface area contributed by atoms with Gasteiger partial charge in [0.2, 0.25) is 0 Å². The SMILES string of the molecule is CCn1cc(CNC(=O)c2cnc(Cc3c(Cl)cccc3Cl)[nH]c2=O)cn1. The monoisotopic (exact) mass is 405 g/mol. The Kier molecular flexibility index (Phi) is 5.93. The van der Waals surface area contributed by atoms with Crippen molar-refractivity contribution in [1.82, 2.24) is 25.1 Å². The quantitative estimate of drug-likeness (QED) is 0.659. The van der Waals surface area contributed by atoms with Gasteiger partial charge in [0.15, 0.2) is 0 Å². The molecule has 7 nitrogen and oxygen atoms in total. The standard InChI is InChI=1S/C18H17Cl2N5O2/c1-2-25-10-11(8-23-25)7-22-17(26)13-9-21-16(24-18(13)27)6-12-14(19)4-3-5-15(12)20/h3-5,8-10H,2,6-7H2,1H3,(H,22,26)(H,21,24,27). The highest BCUT2D eigenvalue weighted by atomic mass is 35.5. The van der Waals surface area contributed by atoms with Crippen LogP contribution in [0, 0.1) is 0 Å². The number of carbonyl (C=O) groups is 1. The van der Waals surface area contributed by atoms with Gasteiger partial charge in [-0.2, -0.15) is 5.10 Å². The van der Waals surface area contributed by atoms with Crippen LogP contribution < -0.4 is 10.9 Å². The van der Waals surface area contributed by atoms with E-state index in [9.17, 15) is 9.59 Å². The number of aromatic amines is 1. The van der Waals surface area contributed by atoms with Crippen LogP contribution in [0.5, 0.6) is 0 Å². The highest BCUT2D eigenvalue weighted by Crippen LogP contribution is 2.25. The first-order valence-electron chi connectivity index (χ1n) is 8.28. The molecule has 0 saturated carbocycles. The number of nitrogens with one attached hydrogen (secondary N) is 2. The van der Waals surface area contributed by atoms with Crippen molar-refractivity contribution in [3.63, 3.8) is 0 Å². The van der Waals surface area contributed by atoms with E-state index < -0.39 is 11.5 Å². The number of aryl methyl sites for hydroxylation is 1. The molecule has 0 fully saturated rings. The number of amides is 1. The first kappa shape index (κ1) is 19.1. The van der Waals surface area contributed by atoms with Gasteiger partial charge in [0, 0.05) is 47.5 Å². The summed E-state index contributed by atoms with van der Waals surface area (Å²) in [5.41, 5.74) is 0.922.